The van der Waals surface area contributed by atoms with E-state index in [0.29, 0.717) is 28.4 Å². The Bertz CT molecular complexity index is 1450. The predicted molar refractivity (Wildman–Crippen MR) is 109 cm³/mol. The van der Waals surface area contributed by atoms with Gasteiger partial charge in [0, 0.05) is 18.8 Å². The Balaban J connectivity index is 1.52. The molecular formula is C21H14F3N7O. The summed E-state index contributed by atoms with van der Waals surface area (Å²) in [6, 6.07) is 10.0. The van der Waals surface area contributed by atoms with Crippen LogP contribution < -0.4 is 4.90 Å². The number of anilines is 1. The van der Waals surface area contributed by atoms with Crippen LogP contribution in [-0.4, -0.2) is 41.9 Å². The van der Waals surface area contributed by atoms with E-state index >= 15 is 0 Å². The molecule has 8 nitrogen and oxygen atoms in total. The number of fused-ring (bicyclic) bond motifs is 2. The van der Waals surface area contributed by atoms with Gasteiger partial charge in [-0.1, -0.05) is 18.2 Å². The smallest absolute Gasteiger partial charge is 0.296 e. The van der Waals surface area contributed by atoms with Crippen molar-refractivity contribution in [1.82, 2.24) is 29.0 Å². The van der Waals surface area contributed by atoms with Crippen LogP contribution in [0.2, 0.25) is 0 Å². The number of alkyl halides is 3. The van der Waals surface area contributed by atoms with Crippen LogP contribution >= 0.6 is 0 Å². The van der Waals surface area contributed by atoms with E-state index in [1.54, 1.807) is 34.0 Å². The van der Waals surface area contributed by atoms with Crippen LogP contribution in [0.4, 0.5) is 19.0 Å². The first-order valence-electron chi connectivity index (χ1n) is 9.40. The van der Waals surface area contributed by atoms with Crippen LogP contribution in [0.15, 0.2) is 67.4 Å². The Hall–Kier alpha value is -4.28. The number of carbonyl (C=O) groups excluding carboxylic acids is 1. The summed E-state index contributed by atoms with van der Waals surface area (Å²) in [5.41, 5.74) is 1.50. The fraction of sp³-hybridized carbons (Fsp3) is 0.0952. The van der Waals surface area contributed by atoms with Crippen molar-refractivity contribution >= 4 is 23.0 Å². The number of carbonyl (C=O) groups is 1. The van der Waals surface area contributed by atoms with Crippen LogP contribution in [-0.2, 0) is 6.18 Å². The molecule has 0 aliphatic carbocycles. The van der Waals surface area contributed by atoms with E-state index in [4.69, 9.17) is 0 Å². The fourth-order valence-corrected chi connectivity index (χ4v) is 3.43. The molecule has 1 amide bonds. The number of hydrogen-bond donors (Lipinski definition) is 0. The Morgan fingerprint density at radius 2 is 1.75 bits per heavy atom. The van der Waals surface area contributed by atoms with Crippen LogP contribution in [0.25, 0.3) is 22.6 Å². The number of aromatic nitrogens is 6. The molecule has 0 saturated heterocycles. The highest BCUT2D eigenvalue weighted by Crippen LogP contribution is 2.31. The monoisotopic (exact) mass is 437 g/mol. The molecule has 0 atom stereocenters. The van der Waals surface area contributed by atoms with Crippen molar-refractivity contribution < 1.29 is 18.0 Å². The SMILES string of the molecule is CN(C(=O)c1cn2c(-c3ccc(C(F)(F)F)cc3)cnc2cn1)c1cccc2nncn12. The van der Waals surface area contributed by atoms with Crippen LogP contribution in [0.5, 0.6) is 0 Å². The molecule has 32 heavy (non-hydrogen) atoms. The third kappa shape index (κ3) is 3.23. The van der Waals surface area contributed by atoms with Gasteiger partial charge in [-0.3, -0.25) is 18.5 Å². The molecule has 0 fully saturated rings. The van der Waals surface area contributed by atoms with E-state index in [2.05, 4.69) is 20.2 Å². The maximum Gasteiger partial charge on any atom is 0.416 e. The van der Waals surface area contributed by atoms with Crippen LogP contribution in [0.3, 0.4) is 0 Å². The zero-order valence-corrected chi connectivity index (χ0v) is 16.5. The second-order valence-electron chi connectivity index (χ2n) is 7.03. The minimum Gasteiger partial charge on any atom is -0.296 e. The Morgan fingerprint density at radius 1 is 0.969 bits per heavy atom. The van der Waals surface area contributed by atoms with Gasteiger partial charge in [0.2, 0.25) is 0 Å². The summed E-state index contributed by atoms with van der Waals surface area (Å²) < 4.78 is 41.9. The zero-order chi connectivity index (χ0) is 22.5. The Morgan fingerprint density at radius 3 is 2.50 bits per heavy atom. The molecule has 0 unspecified atom stereocenters. The van der Waals surface area contributed by atoms with Crippen molar-refractivity contribution in [3.8, 4) is 11.3 Å². The molecule has 0 saturated carbocycles. The molecule has 0 N–H and O–H groups in total. The molecule has 4 aromatic heterocycles. The number of imidazole rings is 1. The maximum absolute atomic E-state index is 13.1. The second-order valence-corrected chi connectivity index (χ2v) is 7.03. The highest BCUT2D eigenvalue weighted by Gasteiger charge is 2.30. The molecule has 11 heteroatoms. The number of halogens is 3. The Labute approximate surface area is 178 Å². The second kappa shape index (κ2) is 7.15. The highest BCUT2D eigenvalue weighted by atomic mass is 19.4. The Kier molecular flexibility index (Phi) is 4.40. The summed E-state index contributed by atoms with van der Waals surface area (Å²) >= 11 is 0. The first-order chi connectivity index (χ1) is 15.3. The first-order valence-corrected chi connectivity index (χ1v) is 9.40. The van der Waals surface area contributed by atoms with Crippen LogP contribution in [0.1, 0.15) is 16.1 Å². The number of amides is 1. The summed E-state index contributed by atoms with van der Waals surface area (Å²) in [6.45, 7) is 0. The topological polar surface area (TPSA) is 80.7 Å². The minimum absolute atomic E-state index is 0.135. The molecule has 0 bridgehead atoms. The van der Waals surface area contributed by atoms with Crippen molar-refractivity contribution in [1.29, 1.82) is 0 Å². The standard InChI is InChI=1S/C21H14F3N7O/c1-29(19-4-2-3-17-28-27-12-31(17)19)20(32)15-11-30-16(9-26-18(30)10-25-15)13-5-7-14(8-6-13)21(22,23)24/h2-12H,1H3. The van der Waals surface area contributed by atoms with Gasteiger partial charge in [-0.05, 0) is 24.3 Å². The normalized spacial score (nSPS) is 11.9. The van der Waals surface area contributed by atoms with Gasteiger partial charge in [-0.15, -0.1) is 10.2 Å². The summed E-state index contributed by atoms with van der Waals surface area (Å²) in [5, 5.41) is 7.82. The summed E-state index contributed by atoms with van der Waals surface area (Å²) in [6.07, 6.45) is 1.56. The highest BCUT2D eigenvalue weighted by molar-refractivity contribution is 6.04. The van der Waals surface area contributed by atoms with E-state index in [9.17, 15) is 18.0 Å². The van der Waals surface area contributed by atoms with Crippen molar-refractivity contribution in [2.45, 2.75) is 6.18 Å². The fourth-order valence-electron chi connectivity index (χ4n) is 3.43. The maximum atomic E-state index is 13.1. The lowest BCUT2D eigenvalue weighted by Crippen LogP contribution is -2.29. The molecule has 0 aliphatic heterocycles. The van der Waals surface area contributed by atoms with Gasteiger partial charge in [0.1, 0.15) is 17.8 Å². The summed E-state index contributed by atoms with van der Waals surface area (Å²) in [4.78, 5) is 23.0. The lowest BCUT2D eigenvalue weighted by Gasteiger charge is -2.18. The molecule has 5 aromatic rings. The van der Waals surface area contributed by atoms with Gasteiger partial charge in [-0.2, -0.15) is 13.2 Å². The van der Waals surface area contributed by atoms with E-state index in [1.165, 1.54) is 42.0 Å². The molecule has 0 aliphatic rings. The van der Waals surface area contributed by atoms with E-state index in [0.717, 1.165) is 12.1 Å². The lowest BCUT2D eigenvalue weighted by molar-refractivity contribution is -0.137. The molecule has 0 radical (unpaired) electrons. The largest absolute Gasteiger partial charge is 0.416 e. The van der Waals surface area contributed by atoms with Crippen LogP contribution in [0, 0.1) is 0 Å². The van der Waals surface area contributed by atoms with Gasteiger partial charge in [0.25, 0.3) is 5.91 Å². The van der Waals surface area contributed by atoms with Gasteiger partial charge in [-0.25, -0.2) is 9.97 Å². The number of benzene rings is 1. The molecule has 4 heterocycles. The van der Waals surface area contributed by atoms with Gasteiger partial charge in [0.15, 0.2) is 11.3 Å². The number of pyridine rings is 1. The van der Waals surface area contributed by atoms with E-state index in [1.807, 2.05) is 0 Å². The number of hydrogen-bond acceptors (Lipinski definition) is 5. The molecule has 0 spiro atoms. The minimum atomic E-state index is -4.42. The van der Waals surface area contributed by atoms with Crippen molar-refractivity contribution in [3.05, 3.63) is 78.6 Å². The predicted octanol–water partition coefficient (Wildman–Crippen LogP) is 3.73. The summed E-state index contributed by atoms with van der Waals surface area (Å²) in [7, 11) is 1.60. The van der Waals surface area contributed by atoms with E-state index < -0.39 is 11.7 Å². The number of nitrogens with zero attached hydrogens (tertiary/aromatic N) is 7. The van der Waals surface area contributed by atoms with Gasteiger partial charge < -0.3 is 0 Å². The zero-order valence-electron chi connectivity index (χ0n) is 16.5. The van der Waals surface area contributed by atoms with Crippen molar-refractivity contribution in [3.63, 3.8) is 0 Å². The quantitative estimate of drug-likeness (QED) is 0.430. The lowest BCUT2D eigenvalue weighted by atomic mass is 10.1. The van der Waals surface area contributed by atoms with Crippen molar-refractivity contribution in [2.75, 3.05) is 11.9 Å². The average molecular weight is 437 g/mol. The van der Waals surface area contributed by atoms with Gasteiger partial charge in [0.05, 0.1) is 23.7 Å². The molecule has 160 valence electrons. The summed E-state index contributed by atoms with van der Waals surface area (Å²) in [5.74, 6) is 0.160. The van der Waals surface area contributed by atoms with Crippen molar-refractivity contribution in [2.24, 2.45) is 0 Å². The first kappa shape index (κ1) is 19.7. The van der Waals surface area contributed by atoms with E-state index in [-0.39, 0.29) is 11.6 Å². The molecule has 1 aromatic carbocycles. The average Bonchev–Trinajstić information content (AvgIpc) is 3.44. The molecular weight excluding hydrogens is 423 g/mol. The third-order valence-corrected chi connectivity index (χ3v) is 5.08. The molecule has 5 rings (SSSR count). The number of rotatable bonds is 3. The van der Waals surface area contributed by atoms with Gasteiger partial charge >= 0.3 is 6.18 Å². The third-order valence-electron chi connectivity index (χ3n) is 5.08.